The Labute approximate surface area is 159 Å². The topological polar surface area (TPSA) is 64.6 Å². The second kappa shape index (κ2) is 8.08. The zero-order valence-corrected chi connectivity index (χ0v) is 15.7. The average Bonchev–Trinajstić information content (AvgIpc) is 2.67. The zero-order valence-electron chi connectivity index (χ0n) is 15.7. The number of fused-ring (bicyclic) bond motifs is 1. The number of hydrogen-bond donors (Lipinski definition) is 1. The second-order valence-corrected chi connectivity index (χ2v) is 6.81. The SMILES string of the molecule is Cc1cccc(C(C)C)c1NC(=O)COC(=O)C1=Cc2ccccc2OC1. The number of ether oxygens (including phenoxy) is 2. The van der Waals surface area contributed by atoms with E-state index in [0.29, 0.717) is 5.57 Å². The first-order valence-electron chi connectivity index (χ1n) is 8.94. The minimum atomic E-state index is -0.548. The highest BCUT2D eigenvalue weighted by Gasteiger charge is 2.19. The molecule has 140 valence electrons. The molecule has 0 radical (unpaired) electrons. The number of rotatable bonds is 5. The maximum absolute atomic E-state index is 12.3. The van der Waals surface area contributed by atoms with Crippen LogP contribution in [0.5, 0.6) is 5.75 Å². The van der Waals surface area contributed by atoms with Gasteiger partial charge in [-0.1, -0.05) is 50.2 Å². The smallest absolute Gasteiger partial charge is 0.338 e. The largest absolute Gasteiger partial charge is 0.488 e. The molecule has 0 spiro atoms. The summed E-state index contributed by atoms with van der Waals surface area (Å²) < 4.78 is 10.7. The number of hydrogen-bond acceptors (Lipinski definition) is 4. The Morgan fingerprint density at radius 3 is 2.70 bits per heavy atom. The standard InChI is InChI=1S/C22H23NO4/c1-14(2)18-9-6-7-15(3)21(18)23-20(24)13-27-22(25)17-11-16-8-4-5-10-19(16)26-12-17/h4-11,14H,12-13H2,1-3H3,(H,23,24). The normalized spacial score (nSPS) is 12.7. The van der Waals surface area contributed by atoms with Gasteiger partial charge in [0.05, 0.1) is 5.57 Å². The number of esters is 1. The average molecular weight is 365 g/mol. The van der Waals surface area contributed by atoms with Gasteiger partial charge in [0.15, 0.2) is 6.61 Å². The van der Waals surface area contributed by atoms with Crippen LogP contribution in [0.3, 0.4) is 0 Å². The molecule has 27 heavy (non-hydrogen) atoms. The predicted molar refractivity (Wildman–Crippen MR) is 105 cm³/mol. The van der Waals surface area contributed by atoms with E-state index >= 15 is 0 Å². The Kier molecular flexibility index (Phi) is 5.60. The molecule has 5 heteroatoms. The molecule has 0 bridgehead atoms. The number of amides is 1. The van der Waals surface area contributed by atoms with Gasteiger partial charge in [-0.25, -0.2) is 4.79 Å². The number of anilines is 1. The van der Waals surface area contributed by atoms with Crippen LogP contribution in [0.1, 0.15) is 36.5 Å². The van der Waals surface area contributed by atoms with Gasteiger partial charge in [-0.3, -0.25) is 4.79 Å². The van der Waals surface area contributed by atoms with E-state index in [0.717, 1.165) is 28.1 Å². The summed E-state index contributed by atoms with van der Waals surface area (Å²) in [5.41, 5.74) is 4.01. The maximum atomic E-state index is 12.3. The van der Waals surface area contributed by atoms with Gasteiger partial charge < -0.3 is 14.8 Å². The summed E-state index contributed by atoms with van der Waals surface area (Å²) in [4.78, 5) is 24.5. The third-order valence-corrected chi connectivity index (χ3v) is 4.42. The molecule has 0 saturated heterocycles. The molecule has 0 fully saturated rings. The lowest BCUT2D eigenvalue weighted by Gasteiger charge is -2.18. The van der Waals surface area contributed by atoms with Crippen molar-refractivity contribution in [3.05, 3.63) is 64.7 Å². The molecule has 0 aliphatic carbocycles. The van der Waals surface area contributed by atoms with Crippen molar-refractivity contribution in [2.24, 2.45) is 0 Å². The highest BCUT2D eigenvalue weighted by atomic mass is 16.5. The van der Waals surface area contributed by atoms with Gasteiger partial charge in [-0.05, 0) is 36.1 Å². The zero-order chi connectivity index (χ0) is 19.4. The van der Waals surface area contributed by atoms with Gasteiger partial charge in [0.1, 0.15) is 12.4 Å². The summed E-state index contributed by atoms with van der Waals surface area (Å²) in [7, 11) is 0. The van der Waals surface area contributed by atoms with Crippen molar-refractivity contribution < 1.29 is 19.1 Å². The molecule has 0 unspecified atom stereocenters. The molecule has 0 saturated carbocycles. The van der Waals surface area contributed by atoms with Gasteiger partial charge in [0.25, 0.3) is 5.91 Å². The van der Waals surface area contributed by atoms with E-state index in [1.165, 1.54) is 0 Å². The number of para-hydroxylation sites is 2. The lowest BCUT2D eigenvalue weighted by atomic mass is 9.98. The molecule has 1 heterocycles. The number of carbonyl (C=O) groups is 2. The molecular weight excluding hydrogens is 342 g/mol. The van der Waals surface area contributed by atoms with Crippen molar-refractivity contribution in [3.63, 3.8) is 0 Å². The van der Waals surface area contributed by atoms with E-state index in [9.17, 15) is 9.59 Å². The summed E-state index contributed by atoms with van der Waals surface area (Å²) in [6, 6.07) is 13.3. The lowest BCUT2D eigenvalue weighted by Crippen LogP contribution is -2.24. The van der Waals surface area contributed by atoms with Crippen LogP contribution in [-0.2, 0) is 14.3 Å². The molecule has 1 N–H and O–H groups in total. The number of benzene rings is 2. The van der Waals surface area contributed by atoms with E-state index in [4.69, 9.17) is 9.47 Å². The van der Waals surface area contributed by atoms with E-state index in [2.05, 4.69) is 19.2 Å². The fourth-order valence-electron chi connectivity index (χ4n) is 2.98. The second-order valence-electron chi connectivity index (χ2n) is 6.81. The summed E-state index contributed by atoms with van der Waals surface area (Å²) in [6.45, 7) is 5.86. The number of carbonyl (C=O) groups excluding carboxylic acids is 2. The van der Waals surface area contributed by atoms with Crippen molar-refractivity contribution in [2.45, 2.75) is 26.7 Å². The minimum Gasteiger partial charge on any atom is -0.488 e. The van der Waals surface area contributed by atoms with E-state index in [-0.39, 0.29) is 25.0 Å². The van der Waals surface area contributed by atoms with Crippen LogP contribution in [0, 0.1) is 6.92 Å². The van der Waals surface area contributed by atoms with Gasteiger partial charge in [0, 0.05) is 11.3 Å². The fraction of sp³-hybridized carbons (Fsp3) is 0.273. The quantitative estimate of drug-likeness (QED) is 0.811. The van der Waals surface area contributed by atoms with Gasteiger partial charge in [0.2, 0.25) is 0 Å². The van der Waals surface area contributed by atoms with Crippen LogP contribution in [-0.4, -0.2) is 25.1 Å². The van der Waals surface area contributed by atoms with Gasteiger partial charge in [-0.2, -0.15) is 0 Å². The number of aryl methyl sites for hydroxylation is 1. The highest BCUT2D eigenvalue weighted by Crippen LogP contribution is 2.28. The Bertz CT molecular complexity index is 899. The van der Waals surface area contributed by atoms with Gasteiger partial charge >= 0.3 is 5.97 Å². The summed E-state index contributed by atoms with van der Waals surface area (Å²) >= 11 is 0. The Hall–Kier alpha value is -3.08. The molecule has 2 aromatic carbocycles. The van der Waals surface area contributed by atoms with E-state index < -0.39 is 5.97 Å². The lowest BCUT2D eigenvalue weighted by molar-refractivity contribution is -0.143. The van der Waals surface area contributed by atoms with E-state index in [1.807, 2.05) is 49.4 Å². The molecule has 1 aliphatic rings. The number of nitrogens with one attached hydrogen (secondary N) is 1. The molecular formula is C22H23NO4. The first kappa shape index (κ1) is 18.7. The van der Waals surface area contributed by atoms with E-state index in [1.54, 1.807) is 6.08 Å². The summed E-state index contributed by atoms with van der Waals surface area (Å²) in [6.07, 6.45) is 1.73. The maximum Gasteiger partial charge on any atom is 0.338 e. The molecule has 3 rings (SSSR count). The van der Waals surface area contributed by atoms with Crippen molar-refractivity contribution in [2.75, 3.05) is 18.5 Å². The van der Waals surface area contributed by atoms with Crippen LogP contribution < -0.4 is 10.1 Å². The molecule has 1 amide bonds. The molecule has 0 aromatic heterocycles. The molecule has 5 nitrogen and oxygen atoms in total. The van der Waals surface area contributed by atoms with Crippen LogP contribution in [0.4, 0.5) is 5.69 Å². The Morgan fingerprint density at radius 2 is 1.93 bits per heavy atom. The van der Waals surface area contributed by atoms with Crippen molar-refractivity contribution in [1.82, 2.24) is 0 Å². The van der Waals surface area contributed by atoms with Crippen LogP contribution >= 0.6 is 0 Å². The van der Waals surface area contributed by atoms with Crippen LogP contribution in [0.15, 0.2) is 48.0 Å². The summed E-state index contributed by atoms with van der Waals surface area (Å²) in [5.74, 6) is 0.0886. The van der Waals surface area contributed by atoms with Gasteiger partial charge in [-0.15, -0.1) is 0 Å². The molecule has 0 atom stereocenters. The van der Waals surface area contributed by atoms with Crippen molar-refractivity contribution >= 4 is 23.6 Å². The Morgan fingerprint density at radius 1 is 1.15 bits per heavy atom. The fourth-order valence-corrected chi connectivity index (χ4v) is 2.98. The first-order valence-corrected chi connectivity index (χ1v) is 8.94. The third-order valence-electron chi connectivity index (χ3n) is 4.42. The summed E-state index contributed by atoms with van der Waals surface area (Å²) in [5, 5.41) is 2.87. The Balaban J connectivity index is 1.62. The van der Waals surface area contributed by atoms with Crippen molar-refractivity contribution in [1.29, 1.82) is 0 Å². The molecule has 1 aliphatic heterocycles. The monoisotopic (exact) mass is 365 g/mol. The third kappa shape index (κ3) is 4.37. The molecule has 2 aromatic rings. The first-order chi connectivity index (χ1) is 13.0. The minimum absolute atomic E-state index is 0.132. The van der Waals surface area contributed by atoms with Crippen LogP contribution in [0.2, 0.25) is 0 Å². The van der Waals surface area contributed by atoms with Crippen LogP contribution in [0.25, 0.3) is 6.08 Å². The highest BCUT2D eigenvalue weighted by molar-refractivity contribution is 5.98. The van der Waals surface area contributed by atoms with Crippen molar-refractivity contribution in [3.8, 4) is 5.75 Å². The predicted octanol–water partition coefficient (Wildman–Crippen LogP) is 4.08.